The minimum absolute atomic E-state index is 0.432. The monoisotopic (exact) mass is 167 g/mol. The van der Waals surface area contributed by atoms with Crippen molar-refractivity contribution >= 4 is 5.69 Å². The molecule has 0 spiro atoms. The molecule has 0 atom stereocenters. The Morgan fingerprint density at radius 1 is 1.42 bits per heavy atom. The maximum atomic E-state index is 5.64. The quantitative estimate of drug-likeness (QED) is 0.642. The van der Waals surface area contributed by atoms with Crippen LogP contribution in [-0.2, 0) is 9.47 Å². The van der Waals surface area contributed by atoms with Crippen LogP contribution in [0, 0.1) is 0 Å². The molecule has 5 nitrogen and oxygen atoms in total. The standard InChI is InChI=1S/C7H9N3O2/c8-5-1-2-9-10-6(5)7-11-3-4-12-7/h1-2,7H,3-4H2,(H2,8,9). The third kappa shape index (κ3) is 1.24. The van der Waals surface area contributed by atoms with E-state index in [1.165, 1.54) is 6.20 Å². The molecule has 0 bridgehead atoms. The van der Waals surface area contributed by atoms with Gasteiger partial charge in [0.05, 0.1) is 25.1 Å². The van der Waals surface area contributed by atoms with E-state index in [1.54, 1.807) is 6.07 Å². The van der Waals surface area contributed by atoms with Crippen molar-refractivity contribution < 1.29 is 9.47 Å². The molecule has 1 aromatic heterocycles. The summed E-state index contributed by atoms with van der Waals surface area (Å²) in [6.07, 6.45) is 1.10. The summed E-state index contributed by atoms with van der Waals surface area (Å²) < 4.78 is 10.4. The number of hydrogen-bond acceptors (Lipinski definition) is 5. The molecule has 0 saturated carbocycles. The van der Waals surface area contributed by atoms with Gasteiger partial charge in [-0.3, -0.25) is 0 Å². The lowest BCUT2D eigenvalue weighted by molar-refractivity contribution is -0.0472. The second kappa shape index (κ2) is 3.04. The molecule has 0 aliphatic carbocycles. The number of aromatic nitrogens is 2. The largest absolute Gasteiger partial charge is 0.397 e. The summed E-state index contributed by atoms with van der Waals surface area (Å²) in [7, 11) is 0. The molecule has 2 heterocycles. The molecule has 0 amide bonds. The van der Waals surface area contributed by atoms with E-state index in [2.05, 4.69) is 10.2 Å². The third-order valence-electron chi connectivity index (χ3n) is 1.63. The van der Waals surface area contributed by atoms with Crippen LogP contribution < -0.4 is 5.73 Å². The average molecular weight is 167 g/mol. The molecule has 1 aliphatic heterocycles. The van der Waals surface area contributed by atoms with Crippen LogP contribution in [0.5, 0.6) is 0 Å². The Morgan fingerprint density at radius 3 is 2.83 bits per heavy atom. The highest BCUT2D eigenvalue weighted by Crippen LogP contribution is 2.24. The van der Waals surface area contributed by atoms with E-state index in [0.717, 1.165) is 0 Å². The van der Waals surface area contributed by atoms with Crippen molar-refractivity contribution in [1.82, 2.24) is 10.2 Å². The first-order valence-electron chi connectivity index (χ1n) is 3.68. The number of nitrogens with zero attached hydrogens (tertiary/aromatic N) is 2. The van der Waals surface area contributed by atoms with Gasteiger partial charge in [0, 0.05) is 0 Å². The molecular formula is C7H9N3O2. The van der Waals surface area contributed by atoms with Crippen molar-refractivity contribution in [2.24, 2.45) is 0 Å². The zero-order valence-corrected chi connectivity index (χ0v) is 6.43. The lowest BCUT2D eigenvalue weighted by Crippen LogP contribution is -2.06. The third-order valence-corrected chi connectivity index (χ3v) is 1.63. The normalized spacial score (nSPS) is 18.3. The van der Waals surface area contributed by atoms with Gasteiger partial charge in [0.1, 0.15) is 5.69 Å². The smallest absolute Gasteiger partial charge is 0.205 e. The fraction of sp³-hybridized carbons (Fsp3) is 0.429. The summed E-state index contributed by atoms with van der Waals surface area (Å²) in [6, 6.07) is 1.67. The summed E-state index contributed by atoms with van der Waals surface area (Å²) in [6.45, 7) is 1.17. The highest BCUT2D eigenvalue weighted by molar-refractivity contribution is 5.41. The molecule has 0 aromatic carbocycles. The Bertz CT molecular complexity index is 273. The predicted molar refractivity (Wildman–Crippen MR) is 41.1 cm³/mol. The van der Waals surface area contributed by atoms with Crippen LogP contribution in [0.3, 0.4) is 0 Å². The molecule has 1 aliphatic rings. The van der Waals surface area contributed by atoms with E-state index in [-0.39, 0.29) is 0 Å². The van der Waals surface area contributed by atoms with Gasteiger partial charge in [0.2, 0.25) is 6.29 Å². The number of nitrogen functional groups attached to an aromatic ring is 1. The van der Waals surface area contributed by atoms with E-state index in [1.807, 2.05) is 0 Å². The highest BCUT2D eigenvalue weighted by Gasteiger charge is 2.21. The Labute approximate surface area is 69.5 Å². The van der Waals surface area contributed by atoms with Crippen LogP contribution >= 0.6 is 0 Å². The Balaban J connectivity index is 2.26. The summed E-state index contributed by atoms with van der Waals surface area (Å²) in [5.41, 5.74) is 6.76. The molecular weight excluding hydrogens is 158 g/mol. The van der Waals surface area contributed by atoms with Gasteiger partial charge in [0.15, 0.2) is 0 Å². The van der Waals surface area contributed by atoms with E-state index < -0.39 is 6.29 Å². The fourth-order valence-electron chi connectivity index (χ4n) is 1.05. The Hall–Kier alpha value is -1.20. The molecule has 5 heteroatoms. The van der Waals surface area contributed by atoms with Crippen LogP contribution in [0.2, 0.25) is 0 Å². The molecule has 1 saturated heterocycles. The molecule has 1 fully saturated rings. The van der Waals surface area contributed by atoms with Gasteiger partial charge in [-0.05, 0) is 6.07 Å². The second-order valence-corrected chi connectivity index (χ2v) is 2.45. The van der Waals surface area contributed by atoms with Gasteiger partial charge in [-0.25, -0.2) is 0 Å². The van der Waals surface area contributed by atoms with E-state index in [9.17, 15) is 0 Å². The van der Waals surface area contributed by atoms with Crippen LogP contribution in [0.4, 0.5) is 5.69 Å². The summed E-state index contributed by atoms with van der Waals surface area (Å²) >= 11 is 0. The number of hydrogen-bond donors (Lipinski definition) is 1. The molecule has 0 unspecified atom stereocenters. The Morgan fingerprint density at radius 2 is 2.17 bits per heavy atom. The van der Waals surface area contributed by atoms with Gasteiger partial charge in [-0.2, -0.15) is 5.10 Å². The lowest BCUT2D eigenvalue weighted by Gasteiger charge is -2.08. The molecule has 2 rings (SSSR count). The van der Waals surface area contributed by atoms with Gasteiger partial charge in [-0.1, -0.05) is 0 Å². The minimum atomic E-state index is -0.432. The van der Waals surface area contributed by atoms with Crippen LogP contribution in [0.15, 0.2) is 12.3 Å². The second-order valence-electron chi connectivity index (χ2n) is 2.45. The first kappa shape index (κ1) is 7.45. The topological polar surface area (TPSA) is 70.3 Å². The van der Waals surface area contributed by atoms with Crippen LogP contribution in [0.1, 0.15) is 12.0 Å². The first-order chi connectivity index (χ1) is 5.88. The minimum Gasteiger partial charge on any atom is -0.397 e. The molecule has 1 aromatic rings. The van der Waals surface area contributed by atoms with Crippen LogP contribution in [0.25, 0.3) is 0 Å². The van der Waals surface area contributed by atoms with Crippen molar-refractivity contribution in [2.45, 2.75) is 6.29 Å². The van der Waals surface area contributed by atoms with Crippen molar-refractivity contribution in [3.63, 3.8) is 0 Å². The lowest BCUT2D eigenvalue weighted by atomic mass is 10.3. The average Bonchev–Trinajstić information content (AvgIpc) is 2.57. The molecule has 0 radical (unpaired) electrons. The summed E-state index contributed by atoms with van der Waals surface area (Å²) in [5, 5.41) is 7.54. The van der Waals surface area contributed by atoms with Gasteiger partial charge < -0.3 is 15.2 Å². The fourth-order valence-corrected chi connectivity index (χ4v) is 1.05. The van der Waals surface area contributed by atoms with Gasteiger partial charge in [0.25, 0.3) is 0 Å². The maximum absolute atomic E-state index is 5.64. The first-order valence-corrected chi connectivity index (χ1v) is 3.68. The number of rotatable bonds is 1. The Kier molecular flexibility index (Phi) is 1.89. The SMILES string of the molecule is Nc1ccnnc1C1OCCO1. The number of anilines is 1. The highest BCUT2D eigenvalue weighted by atomic mass is 16.7. The van der Waals surface area contributed by atoms with E-state index in [0.29, 0.717) is 24.6 Å². The van der Waals surface area contributed by atoms with Gasteiger partial charge >= 0.3 is 0 Å². The van der Waals surface area contributed by atoms with Crippen molar-refractivity contribution in [1.29, 1.82) is 0 Å². The maximum Gasteiger partial charge on any atom is 0.205 e. The van der Waals surface area contributed by atoms with Crippen molar-refractivity contribution in [3.8, 4) is 0 Å². The van der Waals surface area contributed by atoms with E-state index >= 15 is 0 Å². The summed E-state index contributed by atoms with van der Waals surface area (Å²) in [5.74, 6) is 0. The number of nitrogens with two attached hydrogens (primary N) is 1. The van der Waals surface area contributed by atoms with Gasteiger partial charge in [-0.15, -0.1) is 5.10 Å². The van der Waals surface area contributed by atoms with Crippen LogP contribution in [-0.4, -0.2) is 23.4 Å². The molecule has 12 heavy (non-hydrogen) atoms. The van der Waals surface area contributed by atoms with E-state index in [4.69, 9.17) is 15.2 Å². The molecule has 2 N–H and O–H groups in total. The zero-order chi connectivity index (χ0) is 8.39. The van der Waals surface area contributed by atoms with Crippen molar-refractivity contribution in [3.05, 3.63) is 18.0 Å². The number of ether oxygens (including phenoxy) is 2. The zero-order valence-electron chi connectivity index (χ0n) is 6.43. The van der Waals surface area contributed by atoms with Crippen molar-refractivity contribution in [2.75, 3.05) is 18.9 Å². The summed E-state index contributed by atoms with van der Waals surface area (Å²) in [4.78, 5) is 0. The molecule has 64 valence electrons. The predicted octanol–water partition coefficient (Wildman–Crippen LogP) is 0.104.